The number of nitrogens with zero attached hydrogens (tertiary/aromatic N) is 1. The van der Waals surface area contributed by atoms with E-state index in [0.717, 1.165) is 11.4 Å². The lowest BCUT2D eigenvalue weighted by molar-refractivity contribution is -0.116. The van der Waals surface area contributed by atoms with Crippen molar-refractivity contribution in [3.05, 3.63) is 24.3 Å². The van der Waals surface area contributed by atoms with E-state index in [9.17, 15) is 4.79 Å². The molecule has 0 bridgehead atoms. The first-order valence-electron chi connectivity index (χ1n) is 5.26. The van der Waals surface area contributed by atoms with Crippen molar-refractivity contribution in [1.82, 2.24) is 0 Å². The molecule has 0 unspecified atom stereocenters. The Morgan fingerprint density at radius 3 is 2.81 bits per heavy atom. The number of nitrogens with one attached hydrogen (secondary N) is 1. The van der Waals surface area contributed by atoms with Crippen molar-refractivity contribution in [3.8, 4) is 0 Å². The number of carbonyl (C=O) groups is 1. The minimum atomic E-state index is 0.0107. The number of halogens is 1. The van der Waals surface area contributed by atoms with E-state index in [1.165, 1.54) is 0 Å². The first-order chi connectivity index (χ1) is 7.63. The van der Waals surface area contributed by atoms with Gasteiger partial charge in [0.05, 0.1) is 0 Å². The summed E-state index contributed by atoms with van der Waals surface area (Å²) in [6.07, 6.45) is 1.18. The number of hydrogen-bond acceptors (Lipinski definition) is 2. The fourth-order valence-corrected chi connectivity index (χ4v) is 1.45. The zero-order valence-electron chi connectivity index (χ0n) is 9.66. The van der Waals surface area contributed by atoms with Gasteiger partial charge in [-0.05, 0) is 24.6 Å². The molecule has 3 nitrogen and oxygen atoms in total. The summed E-state index contributed by atoms with van der Waals surface area (Å²) >= 11 is 5.53. The molecule has 0 aliphatic carbocycles. The summed E-state index contributed by atoms with van der Waals surface area (Å²) in [4.78, 5) is 13.5. The van der Waals surface area contributed by atoms with E-state index in [-0.39, 0.29) is 5.91 Å². The van der Waals surface area contributed by atoms with Crippen LogP contribution in [-0.4, -0.2) is 25.9 Å². The van der Waals surface area contributed by atoms with Crippen molar-refractivity contribution < 1.29 is 4.79 Å². The van der Waals surface area contributed by atoms with Crippen LogP contribution in [0.2, 0.25) is 0 Å². The van der Waals surface area contributed by atoms with Crippen LogP contribution in [0.3, 0.4) is 0 Å². The summed E-state index contributed by atoms with van der Waals surface area (Å²) in [6, 6.07) is 7.74. The highest BCUT2D eigenvalue weighted by atomic mass is 35.5. The highest BCUT2D eigenvalue weighted by molar-refractivity contribution is 6.18. The zero-order valence-corrected chi connectivity index (χ0v) is 10.4. The lowest BCUT2D eigenvalue weighted by Crippen LogP contribution is -2.13. The third kappa shape index (κ3) is 4.11. The van der Waals surface area contributed by atoms with Gasteiger partial charge in [0, 0.05) is 37.8 Å². The number of rotatable bonds is 5. The molecule has 1 rings (SSSR count). The summed E-state index contributed by atoms with van der Waals surface area (Å²) in [5, 5.41) is 2.85. The van der Waals surface area contributed by atoms with Crippen LogP contribution in [0.4, 0.5) is 11.4 Å². The molecule has 0 aromatic heterocycles. The number of hydrogen-bond donors (Lipinski definition) is 1. The monoisotopic (exact) mass is 240 g/mol. The second kappa shape index (κ2) is 6.38. The van der Waals surface area contributed by atoms with E-state index in [1.54, 1.807) is 0 Å². The van der Waals surface area contributed by atoms with E-state index in [0.29, 0.717) is 18.7 Å². The van der Waals surface area contributed by atoms with Crippen LogP contribution in [0.25, 0.3) is 0 Å². The van der Waals surface area contributed by atoms with Crippen molar-refractivity contribution in [1.29, 1.82) is 0 Å². The number of anilines is 2. The standard InChI is InChI=1S/C12H17ClN2O/c1-15(2)11-6-3-5-10(9-11)14-12(16)7-4-8-13/h3,5-6,9H,4,7-8H2,1-2H3,(H,14,16). The summed E-state index contributed by atoms with van der Waals surface area (Å²) < 4.78 is 0. The van der Waals surface area contributed by atoms with Gasteiger partial charge in [-0.2, -0.15) is 0 Å². The third-order valence-corrected chi connectivity index (χ3v) is 2.45. The molecule has 0 spiro atoms. The van der Waals surface area contributed by atoms with Gasteiger partial charge in [0.1, 0.15) is 0 Å². The second-order valence-electron chi connectivity index (χ2n) is 3.79. The Bertz CT molecular complexity index is 353. The molecular weight excluding hydrogens is 224 g/mol. The van der Waals surface area contributed by atoms with Gasteiger partial charge in [0.2, 0.25) is 5.91 Å². The predicted octanol–water partition coefficient (Wildman–Crippen LogP) is 2.71. The van der Waals surface area contributed by atoms with Crippen LogP contribution in [0.1, 0.15) is 12.8 Å². The topological polar surface area (TPSA) is 32.3 Å². The van der Waals surface area contributed by atoms with Gasteiger partial charge in [0.25, 0.3) is 0 Å². The number of carbonyl (C=O) groups excluding carboxylic acids is 1. The molecule has 1 aromatic rings. The number of amides is 1. The minimum absolute atomic E-state index is 0.0107. The van der Waals surface area contributed by atoms with E-state index in [2.05, 4.69) is 5.32 Å². The molecule has 0 radical (unpaired) electrons. The maximum Gasteiger partial charge on any atom is 0.224 e. The van der Waals surface area contributed by atoms with Crippen LogP contribution < -0.4 is 10.2 Å². The molecule has 1 aromatic carbocycles. The molecule has 0 heterocycles. The molecule has 1 amide bonds. The van der Waals surface area contributed by atoms with Gasteiger partial charge in [-0.1, -0.05) is 6.07 Å². The van der Waals surface area contributed by atoms with Crippen molar-refractivity contribution in [3.63, 3.8) is 0 Å². The Kier molecular flexibility index (Phi) is 5.12. The molecular formula is C12H17ClN2O. The molecule has 0 fully saturated rings. The largest absolute Gasteiger partial charge is 0.378 e. The van der Waals surface area contributed by atoms with Gasteiger partial charge < -0.3 is 10.2 Å². The summed E-state index contributed by atoms with van der Waals surface area (Å²) in [5.74, 6) is 0.530. The maximum absolute atomic E-state index is 11.5. The average Bonchev–Trinajstić information content (AvgIpc) is 2.26. The van der Waals surface area contributed by atoms with Crippen molar-refractivity contribution in [2.75, 3.05) is 30.2 Å². The minimum Gasteiger partial charge on any atom is -0.378 e. The Hall–Kier alpha value is -1.22. The van der Waals surface area contributed by atoms with Gasteiger partial charge >= 0.3 is 0 Å². The molecule has 88 valence electrons. The normalized spacial score (nSPS) is 9.94. The van der Waals surface area contributed by atoms with Gasteiger partial charge in [-0.3, -0.25) is 4.79 Å². The molecule has 4 heteroatoms. The average molecular weight is 241 g/mol. The Morgan fingerprint density at radius 1 is 1.44 bits per heavy atom. The van der Waals surface area contributed by atoms with Crippen molar-refractivity contribution in [2.45, 2.75) is 12.8 Å². The van der Waals surface area contributed by atoms with Crippen LogP contribution in [-0.2, 0) is 4.79 Å². The molecule has 0 saturated heterocycles. The Labute approximate surface area is 101 Å². The van der Waals surface area contributed by atoms with Gasteiger partial charge in [-0.25, -0.2) is 0 Å². The number of benzene rings is 1. The Balaban J connectivity index is 2.59. The molecule has 16 heavy (non-hydrogen) atoms. The van der Waals surface area contributed by atoms with Crippen LogP contribution in [0.5, 0.6) is 0 Å². The Morgan fingerprint density at radius 2 is 2.19 bits per heavy atom. The summed E-state index contributed by atoms with van der Waals surface area (Å²) in [5.41, 5.74) is 1.89. The lowest BCUT2D eigenvalue weighted by atomic mass is 10.2. The van der Waals surface area contributed by atoms with E-state index < -0.39 is 0 Å². The second-order valence-corrected chi connectivity index (χ2v) is 4.16. The maximum atomic E-state index is 11.5. The smallest absolute Gasteiger partial charge is 0.224 e. The predicted molar refractivity (Wildman–Crippen MR) is 69.4 cm³/mol. The third-order valence-electron chi connectivity index (χ3n) is 2.18. The first kappa shape index (κ1) is 12.8. The highest BCUT2D eigenvalue weighted by Crippen LogP contribution is 2.17. The summed E-state index contributed by atoms with van der Waals surface area (Å²) in [7, 11) is 3.93. The molecule has 1 N–H and O–H groups in total. The lowest BCUT2D eigenvalue weighted by Gasteiger charge is -2.13. The van der Waals surface area contributed by atoms with E-state index in [4.69, 9.17) is 11.6 Å². The fourth-order valence-electron chi connectivity index (χ4n) is 1.31. The van der Waals surface area contributed by atoms with Crippen molar-refractivity contribution >= 4 is 28.9 Å². The highest BCUT2D eigenvalue weighted by Gasteiger charge is 2.02. The van der Waals surface area contributed by atoms with Crippen LogP contribution >= 0.6 is 11.6 Å². The van der Waals surface area contributed by atoms with E-state index >= 15 is 0 Å². The summed E-state index contributed by atoms with van der Waals surface area (Å²) in [6.45, 7) is 0. The quantitative estimate of drug-likeness (QED) is 0.803. The molecule has 0 saturated carbocycles. The fraction of sp³-hybridized carbons (Fsp3) is 0.417. The van der Waals surface area contributed by atoms with Crippen molar-refractivity contribution in [2.24, 2.45) is 0 Å². The molecule has 0 aliphatic rings. The van der Waals surface area contributed by atoms with Crippen LogP contribution in [0.15, 0.2) is 24.3 Å². The van der Waals surface area contributed by atoms with Gasteiger partial charge in [0.15, 0.2) is 0 Å². The zero-order chi connectivity index (χ0) is 12.0. The molecule has 0 aliphatic heterocycles. The SMILES string of the molecule is CN(C)c1cccc(NC(=O)CCCCl)c1. The number of alkyl halides is 1. The van der Waals surface area contributed by atoms with Crippen LogP contribution in [0, 0.1) is 0 Å². The van der Waals surface area contributed by atoms with Gasteiger partial charge in [-0.15, -0.1) is 11.6 Å². The molecule has 0 atom stereocenters. The van der Waals surface area contributed by atoms with E-state index in [1.807, 2.05) is 43.3 Å². The first-order valence-corrected chi connectivity index (χ1v) is 5.80.